The van der Waals surface area contributed by atoms with Crippen LogP contribution >= 0.6 is 11.6 Å². The Bertz CT molecular complexity index is 982. The van der Waals surface area contributed by atoms with E-state index in [2.05, 4.69) is 0 Å². The monoisotopic (exact) mass is 296 g/mol. The smallest absolute Gasteiger partial charge is 0.0639 e. The van der Waals surface area contributed by atoms with Crippen molar-refractivity contribution in [1.29, 1.82) is 0 Å². The van der Waals surface area contributed by atoms with Crippen molar-refractivity contribution in [3.8, 4) is 0 Å². The van der Waals surface area contributed by atoms with Gasteiger partial charge in [0.15, 0.2) is 0 Å². The summed E-state index contributed by atoms with van der Waals surface area (Å²) in [6, 6.07) is -7.60. The molecule has 106 valence electrons. The zero-order chi connectivity index (χ0) is 28.8. The van der Waals surface area contributed by atoms with Gasteiger partial charge in [-0.25, -0.2) is 0 Å². The predicted octanol–water partition coefficient (Wildman–Crippen LogP) is 4.74. The van der Waals surface area contributed by atoms with Crippen molar-refractivity contribution >= 4 is 11.6 Å². The third-order valence-corrected chi connectivity index (χ3v) is 2.96. The minimum atomic E-state index is -3.69. The molecule has 19 heavy (non-hydrogen) atoms. The van der Waals surface area contributed by atoms with E-state index in [1.54, 1.807) is 0 Å². The van der Waals surface area contributed by atoms with E-state index < -0.39 is 91.6 Å². The summed E-state index contributed by atoms with van der Waals surface area (Å²) in [7, 11) is 0. The van der Waals surface area contributed by atoms with Gasteiger partial charge >= 0.3 is 0 Å². The van der Waals surface area contributed by atoms with Gasteiger partial charge in [0.05, 0.1) is 5.48 Å². The van der Waals surface area contributed by atoms with Crippen LogP contribution < -0.4 is 0 Å². The highest BCUT2D eigenvalue weighted by Gasteiger charge is 2.46. The second kappa shape index (κ2) is 5.85. The maximum Gasteiger partial charge on any atom is 0.0639 e. The van der Waals surface area contributed by atoms with Crippen LogP contribution in [0.2, 0.25) is 5.02 Å². The van der Waals surface area contributed by atoms with Crippen molar-refractivity contribution in [3.63, 3.8) is 0 Å². The Kier molecular flexibility index (Phi) is 1.30. The van der Waals surface area contributed by atoms with Gasteiger partial charge in [-0.2, -0.15) is 0 Å². The number of rotatable bonds is 5. The van der Waals surface area contributed by atoms with Crippen molar-refractivity contribution in [3.05, 3.63) is 34.8 Å². The fourth-order valence-electron chi connectivity index (χ4n) is 1.88. The third kappa shape index (κ3) is 2.98. The van der Waals surface area contributed by atoms with Crippen LogP contribution in [0.25, 0.3) is 0 Å². The molecule has 1 unspecified atom stereocenters. The summed E-state index contributed by atoms with van der Waals surface area (Å²) in [6.45, 7) is -4.53. The molecule has 0 spiro atoms. The molecule has 0 bridgehead atoms. The van der Waals surface area contributed by atoms with Gasteiger partial charge in [-0.05, 0) is 56.7 Å². The first kappa shape index (κ1) is 4.24. The Morgan fingerprint density at radius 3 is 2.58 bits per heavy atom. The first-order valence-electron chi connectivity index (χ1n) is 14.3. The van der Waals surface area contributed by atoms with E-state index in [4.69, 9.17) is 33.5 Å². The quantitative estimate of drug-likeness (QED) is 0.759. The highest BCUT2D eigenvalue weighted by Crippen LogP contribution is 2.49. The van der Waals surface area contributed by atoms with Crippen molar-refractivity contribution in [2.45, 2.75) is 50.8 Å². The Labute approximate surface area is 146 Å². The zero-order valence-corrected chi connectivity index (χ0v) is 11.4. The summed E-state index contributed by atoms with van der Waals surface area (Å²) >= 11 is 5.86. The summed E-state index contributed by atoms with van der Waals surface area (Å²) in [5.74, 6) is -0.800. The molecule has 0 N–H and O–H groups in total. The second-order valence-electron chi connectivity index (χ2n) is 4.69. The molecule has 1 fully saturated rings. The zero-order valence-electron chi connectivity index (χ0n) is 27.6. The Morgan fingerprint density at radius 1 is 1.42 bits per heavy atom. The summed E-state index contributed by atoms with van der Waals surface area (Å²) in [6.07, 6.45) is -11.5. The second-order valence-corrected chi connectivity index (χ2v) is 5.07. The van der Waals surface area contributed by atoms with E-state index in [0.29, 0.717) is 0 Å². The van der Waals surface area contributed by atoms with Gasteiger partial charge < -0.3 is 4.90 Å². The molecule has 0 amide bonds. The van der Waals surface area contributed by atoms with Crippen LogP contribution in [0.1, 0.15) is 68.3 Å². The molecule has 2 heteroatoms. The van der Waals surface area contributed by atoms with Crippen molar-refractivity contribution < 1.29 is 23.3 Å². The standard InChI is InChI=1S/C17H26ClN/c1-13(2)12-16(19(3)4)17(10-5-11-17)14-6-8-15(18)9-7-14/h6-9,13,16H,5,10-12H2,1-4H3/i3D3,4D3,5D2,6D,7D,8D,9D,10D2,11D2,16D. The lowest BCUT2D eigenvalue weighted by atomic mass is 9.58. The van der Waals surface area contributed by atoms with Crippen LogP contribution in [-0.4, -0.2) is 24.9 Å². The lowest BCUT2D eigenvalue weighted by Crippen LogP contribution is -2.52. The topological polar surface area (TPSA) is 3.24 Å². The van der Waals surface area contributed by atoms with E-state index in [1.807, 2.05) is 0 Å². The van der Waals surface area contributed by atoms with Gasteiger partial charge in [-0.15, -0.1) is 0 Å². The van der Waals surface area contributed by atoms with E-state index in [1.165, 1.54) is 13.8 Å². The maximum atomic E-state index is 9.38. The molecule has 0 heterocycles. The number of halogens is 1. The molecule has 0 aliphatic heterocycles. The van der Waals surface area contributed by atoms with Gasteiger partial charge in [0.1, 0.15) is 0 Å². The Morgan fingerprint density at radius 2 is 2.05 bits per heavy atom. The lowest BCUT2D eigenvalue weighted by Gasteiger charge is -2.51. The molecular weight excluding hydrogens is 254 g/mol. The normalized spacial score (nSPS) is 43.5. The molecule has 1 aromatic rings. The molecular formula is C17H26ClN. The molecule has 1 aromatic carbocycles. The lowest BCUT2D eigenvalue weighted by molar-refractivity contribution is 0.0808. The molecule has 1 aliphatic rings. The third-order valence-electron chi connectivity index (χ3n) is 2.77. The molecule has 0 saturated heterocycles. The minimum absolute atomic E-state index is 0.362. The van der Waals surface area contributed by atoms with Gasteiger partial charge in [0.25, 0.3) is 0 Å². The minimum Gasteiger partial charge on any atom is -0.306 e. The van der Waals surface area contributed by atoms with Crippen molar-refractivity contribution in [1.82, 2.24) is 4.90 Å². The molecule has 2 rings (SSSR count). The Hall–Kier alpha value is -0.530. The number of hydrogen-bond acceptors (Lipinski definition) is 1. The SMILES string of the molecule is [2H]c1c([2H])c(C2(C([2H])(CC(C)C)N(C([2H])([2H])[2H])C([2H])([2H])[2H])C([2H])([2H])C([2H])([2H])C2([2H])[2H])c([2H])c([2H])c1Cl. The van der Waals surface area contributed by atoms with Gasteiger partial charge in [0, 0.05) is 34.3 Å². The summed E-state index contributed by atoms with van der Waals surface area (Å²) in [5.41, 5.74) is -4.66. The Balaban J connectivity index is 3.37. The fourth-order valence-corrected chi connectivity index (χ4v) is 1.98. The largest absolute Gasteiger partial charge is 0.306 e. The summed E-state index contributed by atoms with van der Waals surface area (Å²) in [5, 5.41) is -0.727. The first-order valence-corrected chi connectivity index (χ1v) is 6.15. The maximum absolute atomic E-state index is 9.38. The van der Waals surface area contributed by atoms with E-state index in [9.17, 15) is 1.37 Å². The molecule has 1 atom stereocenters. The van der Waals surface area contributed by atoms with Crippen LogP contribution in [0.5, 0.6) is 0 Å². The van der Waals surface area contributed by atoms with Crippen LogP contribution in [-0.2, 0) is 5.41 Å². The van der Waals surface area contributed by atoms with Gasteiger partial charge in [0.2, 0.25) is 0 Å². The highest BCUT2D eigenvalue weighted by molar-refractivity contribution is 6.30. The summed E-state index contributed by atoms with van der Waals surface area (Å²) < 4.78 is 141. The first-order chi connectivity index (χ1) is 15.7. The van der Waals surface area contributed by atoms with Crippen LogP contribution in [0, 0.1) is 5.92 Å². The number of likely N-dealkylation sites (N-methyl/N-ethyl adjacent to an activating group) is 1. The van der Waals surface area contributed by atoms with Gasteiger partial charge in [-0.1, -0.05) is 43.9 Å². The number of nitrogens with zero attached hydrogens (tertiary/aromatic N) is 1. The molecule has 1 aliphatic carbocycles. The fraction of sp³-hybridized carbons (Fsp3) is 0.647. The van der Waals surface area contributed by atoms with Gasteiger partial charge in [-0.3, -0.25) is 0 Å². The summed E-state index contributed by atoms with van der Waals surface area (Å²) in [4.78, 5) is -0.362. The molecule has 0 aromatic heterocycles. The van der Waals surface area contributed by atoms with E-state index >= 15 is 0 Å². The van der Waals surface area contributed by atoms with Crippen molar-refractivity contribution in [2.24, 2.45) is 5.92 Å². The number of hydrogen-bond donors (Lipinski definition) is 0. The molecule has 1 nitrogen and oxygen atoms in total. The number of benzene rings is 1. The highest BCUT2D eigenvalue weighted by atomic mass is 35.5. The van der Waals surface area contributed by atoms with Crippen LogP contribution in [0.4, 0.5) is 0 Å². The van der Waals surface area contributed by atoms with Crippen LogP contribution in [0.15, 0.2) is 24.2 Å². The average molecular weight is 297 g/mol. The molecule has 0 radical (unpaired) electrons. The average Bonchev–Trinajstić information content (AvgIpc) is 2.63. The van der Waals surface area contributed by atoms with Crippen molar-refractivity contribution in [2.75, 3.05) is 14.0 Å². The predicted molar refractivity (Wildman–Crippen MR) is 83.9 cm³/mol. The molecule has 1 saturated carbocycles. The van der Waals surface area contributed by atoms with E-state index in [-0.39, 0.29) is 4.90 Å². The van der Waals surface area contributed by atoms with Crippen LogP contribution in [0.3, 0.4) is 0 Å². The van der Waals surface area contributed by atoms with E-state index in [0.717, 1.165) is 0 Å².